The Bertz CT molecular complexity index is 634. The third-order valence-electron chi connectivity index (χ3n) is 2.59. The molecule has 0 atom stereocenters. The quantitative estimate of drug-likeness (QED) is 0.557. The number of sulfonamides is 1. The highest BCUT2D eigenvalue weighted by molar-refractivity contribution is 7.89. The Hall–Kier alpha value is -2.05. The molecule has 1 rings (SSSR count). The van der Waals surface area contributed by atoms with E-state index in [0.717, 1.165) is 18.3 Å². The Morgan fingerprint density at radius 3 is 2.57 bits per heavy atom. The van der Waals surface area contributed by atoms with E-state index in [-0.39, 0.29) is 30.3 Å². The first-order chi connectivity index (χ1) is 9.78. The lowest BCUT2D eigenvalue weighted by Gasteiger charge is -2.22. The fourth-order valence-electron chi connectivity index (χ4n) is 1.67. The van der Waals surface area contributed by atoms with Crippen LogP contribution in [-0.2, 0) is 10.0 Å². The van der Waals surface area contributed by atoms with E-state index in [1.165, 1.54) is 4.31 Å². The van der Waals surface area contributed by atoms with Crippen molar-refractivity contribution in [2.75, 3.05) is 13.1 Å². The van der Waals surface area contributed by atoms with Crippen LogP contribution in [0.5, 0.6) is 0 Å². The molecule has 0 saturated heterocycles. The standard InChI is InChI=1S/C12H16N4O4S/c1-10(2)9-15(7-3-6-13)21(19,20)11-4-5-12(14-8-11)16(17)18/h4-5,8,10H,3,7,9H2,1-2H3. The van der Waals surface area contributed by atoms with Crippen LogP contribution in [0, 0.1) is 27.4 Å². The molecule has 114 valence electrons. The molecular weight excluding hydrogens is 296 g/mol. The van der Waals surface area contributed by atoms with Crippen LogP contribution >= 0.6 is 0 Å². The van der Waals surface area contributed by atoms with E-state index in [4.69, 9.17) is 5.26 Å². The van der Waals surface area contributed by atoms with Gasteiger partial charge in [0, 0.05) is 25.6 Å². The number of nitro groups is 1. The Kier molecular flexibility index (Phi) is 5.75. The topological polar surface area (TPSA) is 117 Å². The van der Waals surface area contributed by atoms with Gasteiger partial charge in [0.15, 0.2) is 6.20 Å². The third kappa shape index (κ3) is 4.47. The first kappa shape index (κ1) is 17.0. The summed E-state index contributed by atoms with van der Waals surface area (Å²) in [6.07, 6.45) is 1.04. The van der Waals surface area contributed by atoms with Crippen molar-refractivity contribution < 1.29 is 13.3 Å². The molecule has 1 aromatic rings. The highest BCUT2D eigenvalue weighted by atomic mass is 32.2. The van der Waals surface area contributed by atoms with Gasteiger partial charge in [-0.1, -0.05) is 13.8 Å². The van der Waals surface area contributed by atoms with Crippen LogP contribution in [0.2, 0.25) is 0 Å². The second-order valence-corrected chi connectivity index (χ2v) is 6.71. The predicted octanol–water partition coefficient (Wildman–Crippen LogP) is 1.55. The molecule has 0 aromatic carbocycles. The van der Waals surface area contributed by atoms with Gasteiger partial charge in [-0.05, 0) is 21.9 Å². The molecule has 9 heteroatoms. The van der Waals surface area contributed by atoms with Crippen molar-refractivity contribution in [2.45, 2.75) is 25.2 Å². The van der Waals surface area contributed by atoms with Crippen molar-refractivity contribution in [3.8, 4) is 6.07 Å². The van der Waals surface area contributed by atoms with E-state index in [1.807, 2.05) is 19.9 Å². The Morgan fingerprint density at radius 1 is 1.48 bits per heavy atom. The smallest absolute Gasteiger partial charge is 0.358 e. The number of hydrogen-bond acceptors (Lipinski definition) is 6. The van der Waals surface area contributed by atoms with Gasteiger partial charge in [0.25, 0.3) is 0 Å². The van der Waals surface area contributed by atoms with Gasteiger partial charge in [0.1, 0.15) is 4.90 Å². The minimum absolute atomic E-state index is 0.0758. The van der Waals surface area contributed by atoms with E-state index < -0.39 is 20.8 Å². The molecule has 0 N–H and O–H groups in total. The monoisotopic (exact) mass is 312 g/mol. The zero-order chi connectivity index (χ0) is 16.0. The SMILES string of the molecule is CC(C)CN(CCC#N)S(=O)(=O)c1ccc([N+](=O)[O-])nc1. The Labute approximate surface area is 123 Å². The molecule has 1 heterocycles. The second kappa shape index (κ2) is 7.10. The molecule has 21 heavy (non-hydrogen) atoms. The molecule has 0 aliphatic carbocycles. The molecule has 0 spiro atoms. The lowest BCUT2D eigenvalue weighted by molar-refractivity contribution is -0.389. The highest BCUT2D eigenvalue weighted by Gasteiger charge is 2.26. The summed E-state index contributed by atoms with van der Waals surface area (Å²) in [6.45, 7) is 4.07. The number of rotatable bonds is 7. The summed E-state index contributed by atoms with van der Waals surface area (Å²) in [5, 5.41) is 19.2. The van der Waals surface area contributed by atoms with Crippen LogP contribution in [0.4, 0.5) is 5.82 Å². The first-order valence-corrected chi connectivity index (χ1v) is 7.70. The predicted molar refractivity (Wildman–Crippen MR) is 74.7 cm³/mol. The van der Waals surface area contributed by atoms with Crippen molar-refractivity contribution >= 4 is 15.8 Å². The molecule has 0 bridgehead atoms. The number of aromatic nitrogens is 1. The number of nitriles is 1. The molecule has 0 amide bonds. The van der Waals surface area contributed by atoms with Crippen LogP contribution < -0.4 is 0 Å². The van der Waals surface area contributed by atoms with E-state index >= 15 is 0 Å². The average molecular weight is 312 g/mol. The van der Waals surface area contributed by atoms with Gasteiger partial charge < -0.3 is 10.1 Å². The Morgan fingerprint density at radius 2 is 2.14 bits per heavy atom. The summed E-state index contributed by atoms with van der Waals surface area (Å²) < 4.78 is 26.1. The van der Waals surface area contributed by atoms with Crippen molar-refractivity contribution in [1.29, 1.82) is 5.26 Å². The summed E-state index contributed by atoms with van der Waals surface area (Å²) in [5.41, 5.74) is 0. The van der Waals surface area contributed by atoms with E-state index in [9.17, 15) is 18.5 Å². The molecule has 0 unspecified atom stereocenters. The largest absolute Gasteiger partial charge is 0.363 e. The molecule has 8 nitrogen and oxygen atoms in total. The minimum Gasteiger partial charge on any atom is -0.358 e. The van der Waals surface area contributed by atoms with Gasteiger partial charge >= 0.3 is 5.82 Å². The van der Waals surface area contributed by atoms with E-state index in [1.54, 1.807) is 0 Å². The van der Waals surface area contributed by atoms with Crippen LogP contribution in [0.25, 0.3) is 0 Å². The first-order valence-electron chi connectivity index (χ1n) is 6.26. The fraction of sp³-hybridized carbons (Fsp3) is 0.500. The number of nitrogens with zero attached hydrogens (tertiary/aromatic N) is 4. The van der Waals surface area contributed by atoms with Crippen molar-refractivity contribution in [2.24, 2.45) is 5.92 Å². The third-order valence-corrected chi connectivity index (χ3v) is 4.44. The van der Waals surface area contributed by atoms with Crippen LogP contribution in [0.15, 0.2) is 23.2 Å². The molecular formula is C12H16N4O4S. The van der Waals surface area contributed by atoms with Gasteiger partial charge in [-0.3, -0.25) is 0 Å². The summed E-state index contributed by atoms with van der Waals surface area (Å²) >= 11 is 0. The fourth-order valence-corrected chi connectivity index (χ4v) is 3.22. The zero-order valence-electron chi connectivity index (χ0n) is 11.8. The maximum absolute atomic E-state index is 12.5. The lowest BCUT2D eigenvalue weighted by atomic mass is 10.2. The van der Waals surface area contributed by atoms with Gasteiger partial charge in [-0.2, -0.15) is 9.57 Å². The second-order valence-electron chi connectivity index (χ2n) is 4.77. The zero-order valence-corrected chi connectivity index (χ0v) is 12.6. The van der Waals surface area contributed by atoms with E-state index in [2.05, 4.69) is 4.98 Å². The van der Waals surface area contributed by atoms with Gasteiger partial charge in [-0.25, -0.2) is 8.42 Å². The van der Waals surface area contributed by atoms with Gasteiger partial charge in [0.2, 0.25) is 10.0 Å². The molecule has 0 radical (unpaired) electrons. The van der Waals surface area contributed by atoms with Crippen LogP contribution in [-0.4, -0.2) is 35.7 Å². The maximum atomic E-state index is 12.5. The van der Waals surface area contributed by atoms with E-state index in [0.29, 0.717) is 0 Å². The maximum Gasteiger partial charge on any atom is 0.363 e. The molecule has 0 fully saturated rings. The number of pyridine rings is 1. The molecule has 0 aliphatic heterocycles. The van der Waals surface area contributed by atoms with Gasteiger partial charge in [0.05, 0.1) is 6.07 Å². The summed E-state index contributed by atoms with van der Waals surface area (Å²) in [4.78, 5) is 13.2. The van der Waals surface area contributed by atoms with Crippen molar-refractivity contribution in [1.82, 2.24) is 9.29 Å². The highest BCUT2D eigenvalue weighted by Crippen LogP contribution is 2.18. The van der Waals surface area contributed by atoms with Gasteiger partial charge in [-0.15, -0.1) is 0 Å². The molecule has 0 saturated carbocycles. The summed E-state index contributed by atoms with van der Waals surface area (Å²) in [5.74, 6) is -0.328. The van der Waals surface area contributed by atoms with Crippen molar-refractivity contribution in [3.05, 3.63) is 28.4 Å². The minimum atomic E-state index is -3.81. The lowest BCUT2D eigenvalue weighted by Crippen LogP contribution is -2.35. The van der Waals surface area contributed by atoms with Crippen LogP contribution in [0.3, 0.4) is 0 Å². The molecule has 0 aliphatic rings. The summed E-state index contributed by atoms with van der Waals surface area (Å²) in [7, 11) is -3.81. The van der Waals surface area contributed by atoms with Crippen LogP contribution in [0.1, 0.15) is 20.3 Å². The normalized spacial score (nSPS) is 11.6. The molecule has 1 aromatic heterocycles. The van der Waals surface area contributed by atoms with Crippen molar-refractivity contribution in [3.63, 3.8) is 0 Å². The number of hydrogen-bond donors (Lipinski definition) is 0. The summed E-state index contributed by atoms with van der Waals surface area (Å²) in [6, 6.07) is 4.11. The Balaban J connectivity index is 3.09. The average Bonchev–Trinajstić information content (AvgIpc) is 2.43.